The van der Waals surface area contributed by atoms with Crippen molar-refractivity contribution in [3.63, 3.8) is 0 Å². The van der Waals surface area contributed by atoms with Gasteiger partial charge >= 0.3 is 5.97 Å². The molecule has 1 atom stereocenters. The maximum absolute atomic E-state index is 10.5. The molecule has 1 saturated heterocycles. The van der Waals surface area contributed by atoms with Crippen LogP contribution in [-0.2, 0) is 9.53 Å². The summed E-state index contributed by atoms with van der Waals surface area (Å²) >= 11 is 3.72. The van der Waals surface area contributed by atoms with Crippen molar-refractivity contribution in [3.05, 3.63) is 0 Å². The quantitative estimate of drug-likeness (QED) is 0.382. The number of cyclic esters (lactones) is 1. The van der Waals surface area contributed by atoms with Gasteiger partial charge in [0.25, 0.3) is 0 Å². The van der Waals surface area contributed by atoms with Crippen LogP contribution in [0.1, 0.15) is 6.42 Å². The van der Waals surface area contributed by atoms with Gasteiger partial charge in [-0.15, -0.1) is 0 Å². The van der Waals surface area contributed by atoms with Gasteiger partial charge in [-0.3, -0.25) is 9.52 Å². The lowest BCUT2D eigenvalue weighted by Crippen LogP contribution is -2.25. The van der Waals surface area contributed by atoms with Crippen LogP contribution < -0.4 is 4.72 Å². The Morgan fingerprint density at radius 3 is 2.88 bits per heavy atom. The van der Waals surface area contributed by atoms with Crippen LogP contribution in [-0.4, -0.2) is 18.6 Å². The Hall–Kier alpha value is -0.220. The van der Waals surface area contributed by atoms with Crippen molar-refractivity contribution in [2.75, 3.05) is 6.61 Å². The lowest BCUT2D eigenvalue weighted by Gasteiger charge is -1.97. The smallest absolute Gasteiger partial charge is 0.324 e. The molecule has 0 bridgehead atoms. The second kappa shape index (κ2) is 2.37. The molecule has 3 nitrogen and oxygen atoms in total. The predicted octanol–water partition coefficient (Wildman–Crippen LogP) is -0.264. The fraction of sp³-hybridized carbons (Fsp3) is 0.750. The maximum Gasteiger partial charge on any atom is 0.324 e. The molecule has 0 radical (unpaired) electrons. The highest BCUT2D eigenvalue weighted by Gasteiger charge is 2.24. The molecular weight excluding hydrogens is 126 g/mol. The first-order chi connectivity index (χ1) is 3.84. The Balaban J connectivity index is 2.42. The molecule has 0 aromatic rings. The fourth-order valence-corrected chi connectivity index (χ4v) is 0.848. The van der Waals surface area contributed by atoms with Crippen molar-refractivity contribution >= 4 is 18.8 Å². The van der Waals surface area contributed by atoms with E-state index < -0.39 is 0 Å². The first kappa shape index (κ1) is 5.91. The SMILES string of the molecule is O=C1OCCC1NS. The van der Waals surface area contributed by atoms with E-state index in [1.165, 1.54) is 0 Å². The molecule has 1 heterocycles. The van der Waals surface area contributed by atoms with E-state index in [4.69, 9.17) is 0 Å². The summed E-state index contributed by atoms with van der Waals surface area (Å²) < 4.78 is 7.14. The van der Waals surface area contributed by atoms with Gasteiger partial charge in [-0.2, -0.15) is 0 Å². The molecule has 0 amide bonds. The van der Waals surface area contributed by atoms with Crippen molar-refractivity contribution < 1.29 is 9.53 Å². The van der Waals surface area contributed by atoms with E-state index in [-0.39, 0.29) is 12.0 Å². The third-order valence-corrected chi connectivity index (χ3v) is 1.40. The van der Waals surface area contributed by atoms with Gasteiger partial charge in [0, 0.05) is 6.42 Å². The minimum Gasteiger partial charge on any atom is -0.464 e. The topological polar surface area (TPSA) is 38.3 Å². The number of ether oxygens (including phenoxy) is 1. The summed E-state index contributed by atoms with van der Waals surface area (Å²) in [6.45, 7) is 0.525. The first-order valence-electron chi connectivity index (χ1n) is 2.41. The predicted molar refractivity (Wildman–Crippen MR) is 31.5 cm³/mol. The van der Waals surface area contributed by atoms with Crippen molar-refractivity contribution in [2.45, 2.75) is 12.5 Å². The minimum atomic E-state index is -0.194. The van der Waals surface area contributed by atoms with Crippen molar-refractivity contribution in [3.8, 4) is 0 Å². The maximum atomic E-state index is 10.5. The van der Waals surface area contributed by atoms with E-state index in [1.54, 1.807) is 0 Å². The highest BCUT2D eigenvalue weighted by atomic mass is 32.1. The zero-order valence-electron chi connectivity index (χ0n) is 4.26. The van der Waals surface area contributed by atoms with Gasteiger partial charge in [0.1, 0.15) is 6.04 Å². The van der Waals surface area contributed by atoms with Gasteiger partial charge in [-0.05, 0) is 0 Å². The van der Waals surface area contributed by atoms with Gasteiger partial charge in [0.2, 0.25) is 0 Å². The van der Waals surface area contributed by atoms with Gasteiger partial charge in [-0.25, -0.2) is 0 Å². The summed E-state index contributed by atoms with van der Waals surface area (Å²) in [5, 5.41) is 0. The number of esters is 1. The molecule has 0 aliphatic carbocycles. The average Bonchev–Trinajstić information content (AvgIpc) is 2.14. The number of carbonyl (C=O) groups excluding carboxylic acids is 1. The molecule has 1 fully saturated rings. The van der Waals surface area contributed by atoms with E-state index in [1.807, 2.05) is 0 Å². The molecule has 1 aliphatic rings. The van der Waals surface area contributed by atoms with E-state index in [0.717, 1.165) is 6.42 Å². The Morgan fingerprint density at radius 1 is 1.88 bits per heavy atom. The van der Waals surface area contributed by atoms with Crippen LogP contribution in [0.2, 0.25) is 0 Å². The van der Waals surface area contributed by atoms with E-state index in [9.17, 15) is 4.79 Å². The Labute approximate surface area is 52.9 Å². The van der Waals surface area contributed by atoms with E-state index in [0.29, 0.717) is 6.61 Å². The second-order valence-electron chi connectivity index (χ2n) is 1.64. The van der Waals surface area contributed by atoms with Crippen LogP contribution in [0.3, 0.4) is 0 Å². The third kappa shape index (κ3) is 0.952. The molecule has 1 unspecified atom stereocenters. The Morgan fingerprint density at radius 2 is 2.62 bits per heavy atom. The highest BCUT2D eigenvalue weighted by molar-refractivity contribution is 7.78. The lowest BCUT2D eigenvalue weighted by molar-refractivity contribution is -0.139. The second-order valence-corrected chi connectivity index (χ2v) is 1.90. The lowest BCUT2D eigenvalue weighted by atomic mass is 10.3. The zero-order chi connectivity index (χ0) is 5.98. The van der Waals surface area contributed by atoms with Crippen molar-refractivity contribution in [1.82, 2.24) is 4.72 Å². The van der Waals surface area contributed by atoms with Gasteiger partial charge in [0.05, 0.1) is 6.61 Å². The molecule has 0 aromatic heterocycles. The largest absolute Gasteiger partial charge is 0.464 e. The average molecular weight is 133 g/mol. The van der Waals surface area contributed by atoms with Crippen molar-refractivity contribution in [2.24, 2.45) is 0 Å². The summed E-state index contributed by atoms with van der Waals surface area (Å²) in [5.41, 5.74) is 0. The van der Waals surface area contributed by atoms with Gasteiger partial charge in [-0.1, -0.05) is 12.8 Å². The number of carbonyl (C=O) groups is 1. The summed E-state index contributed by atoms with van der Waals surface area (Å²) in [6, 6.07) is -0.182. The monoisotopic (exact) mass is 133 g/mol. The fourth-order valence-electron chi connectivity index (χ4n) is 0.613. The standard InChI is InChI=1S/C4H7NO2S/c6-4-3(5-8)1-2-7-4/h3,5,8H,1-2H2. The van der Waals surface area contributed by atoms with Crippen LogP contribution in [0.15, 0.2) is 0 Å². The third-order valence-electron chi connectivity index (χ3n) is 1.09. The van der Waals surface area contributed by atoms with Crippen LogP contribution >= 0.6 is 12.8 Å². The molecule has 46 valence electrons. The number of thiol groups is 1. The molecule has 4 heteroatoms. The van der Waals surface area contributed by atoms with Crippen LogP contribution in [0, 0.1) is 0 Å². The van der Waals surface area contributed by atoms with Crippen LogP contribution in [0.25, 0.3) is 0 Å². The minimum absolute atomic E-state index is 0.182. The first-order valence-corrected chi connectivity index (χ1v) is 2.85. The molecular formula is C4H7NO2S. The Bertz CT molecular complexity index is 106. The Kier molecular flexibility index (Phi) is 1.75. The van der Waals surface area contributed by atoms with Crippen LogP contribution in [0.4, 0.5) is 0 Å². The van der Waals surface area contributed by atoms with Crippen molar-refractivity contribution in [1.29, 1.82) is 0 Å². The van der Waals surface area contributed by atoms with E-state index >= 15 is 0 Å². The van der Waals surface area contributed by atoms with Gasteiger partial charge in [0.15, 0.2) is 0 Å². The summed E-state index contributed by atoms with van der Waals surface area (Å²) in [7, 11) is 0. The van der Waals surface area contributed by atoms with Crippen LogP contribution in [0.5, 0.6) is 0 Å². The number of hydrogen-bond acceptors (Lipinski definition) is 4. The number of nitrogens with one attached hydrogen (secondary N) is 1. The van der Waals surface area contributed by atoms with Gasteiger partial charge < -0.3 is 4.74 Å². The molecule has 1 N–H and O–H groups in total. The zero-order valence-corrected chi connectivity index (χ0v) is 5.15. The molecule has 0 spiro atoms. The molecule has 0 saturated carbocycles. The highest BCUT2D eigenvalue weighted by Crippen LogP contribution is 2.04. The molecule has 0 aromatic carbocycles. The number of hydrogen-bond donors (Lipinski definition) is 2. The number of rotatable bonds is 1. The molecule has 8 heavy (non-hydrogen) atoms. The molecule has 1 aliphatic heterocycles. The van der Waals surface area contributed by atoms with E-state index in [2.05, 4.69) is 22.3 Å². The summed E-state index contributed by atoms with van der Waals surface area (Å²) in [6.07, 6.45) is 0.738. The summed E-state index contributed by atoms with van der Waals surface area (Å²) in [4.78, 5) is 10.5. The summed E-state index contributed by atoms with van der Waals surface area (Å²) in [5.74, 6) is -0.194. The molecule has 1 rings (SSSR count). The normalized spacial score (nSPS) is 28.1.